The van der Waals surface area contributed by atoms with E-state index in [2.05, 4.69) is 42.1 Å². The summed E-state index contributed by atoms with van der Waals surface area (Å²) in [4.78, 5) is 8.79. The number of pyridine rings is 1. The van der Waals surface area contributed by atoms with Crippen molar-refractivity contribution in [2.24, 2.45) is 0 Å². The number of aryl methyl sites for hydroxylation is 1. The Hall–Kier alpha value is -1.68. The minimum atomic E-state index is 0.491. The van der Waals surface area contributed by atoms with E-state index in [0.29, 0.717) is 6.04 Å². The lowest BCUT2D eigenvalue weighted by Crippen LogP contribution is -2.21. The third kappa shape index (κ3) is 2.96. The van der Waals surface area contributed by atoms with Crippen LogP contribution in [0.2, 0.25) is 0 Å². The Balaban J connectivity index is 2.12. The predicted molar refractivity (Wildman–Crippen MR) is 72.7 cm³/mol. The fourth-order valence-electron chi connectivity index (χ4n) is 1.79. The second-order valence-corrected chi connectivity index (χ2v) is 4.63. The molecule has 0 bridgehead atoms. The maximum atomic E-state index is 4.49. The Kier molecular flexibility index (Phi) is 4.10. The summed E-state index contributed by atoms with van der Waals surface area (Å²) >= 11 is 0. The summed E-state index contributed by atoms with van der Waals surface area (Å²) in [6, 6.07) is 4.64. The van der Waals surface area contributed by atoms with E-state index in [1.807, 2.05) is 29.2 Å². The van der Waals surface area contributed by atoms with Crippen molar-refractivity contribution in [1.82, 2.24) is 19.9 Å². The monoisotopic (exact) mass is 244 g/mol. The van der Waals surface area contributed by atoms with E-state index in [0.717, 1.165) is 24.6 Å². The minimum absolute atomic E-state index is 0.491. The quantitative estimate of drug-likeness (QED) is 0.877. The van der Waals surface area contributed by atoms with Crippen molar-refractivity contribution in [2.75, 3.05) is 0 Å². The summed E-state index contributed by atoms with van der Waals surface area (Å²) in [6.07, 6.45) is 6.59. The number of hydrogen-bond acceptors (Lipinski definition) is 3. The maximum absolute atomic E-state index is 4.49. The van der Waals surface area contributed by atoms with Gasteiger partial charge in [-0.1, -0.05) is 26.8 Å². The molecule has 2 heterocycles. The van der Waals surface area contributed by atoms with Crippen LogP contribution in [0.4, 0.5) is 0 Å². The van der Waals surface area contributed by atoms with E-state index in [1.165, 1.54) is 5.56 Å². The zero-order valence-corrected chi connectivity index (χ0v) is 11.2. The Morgan fingerprint density at radius 2 is 2.11 bits per heavy atom. The summed E-state index contributed by atoms with van der Waals surface area (Å²) in [5.74, 6) is 1.97. The number of rotatable bonds is 5. The fourth-order valence-corrected chi connectivity index (χ4v) is 1.79. The van der Waals surface area contributed by atoms with Gasteiger partial charge in [-0.2, -0.15) is 0 Å². The third-order valence-electron chi connectivity index (χ3n) is 2.80. The first-order valence-corrected chi connectivity index (χ1v) is 6.41. The zero-order valence-electron chi connectivity index (χ0n) is 11.2. The summed E-state index contributed by atoms with van der Waals surface area (Å²) in [5, 5.41) is 3.38. The maximum Gasteiger partial charge on any atom is 0.137 e. The molecule has 1 N–H and O–H groups in total. The summed E-state index contributed by atoms with van der Waals surface area (Å²) in [5.41, 5.74) is 1.20. The van der Waals surface area contributed by atoms with Crippen molar-refractivity contribution in [1.29, 1.82) is 0 Å². The molecule has 0 unspecified atom stereocenters. The van der Waals surface area contributed by atoms with Gasteiger partial charge in [-0.15, -0.1) is 0 Å². The van der Waals surface area contributed by atoms with Crippen LogP contribution in [-0.4, -0.2) is 20.6 Å². The van der Waals surface area contributed by atoms with Crippen molar-refractivity contribution in [3.63, 3.8) is 0 Å². The second-order valence-electron chi connectivity index (χ2n) is 4.63. The zero-order chi connectivity index (χ0) is 13.0. The van der Waals surface area contributed by atoms with Crippen LogP contribution >= 0.6 is 0 Å². The predicted octanol–water partition coefficient (Wildman–Crippen LogP) is 2.33. The van der Waals surface area contributed by atoms with Crippen molar-refractivity contribution >= 4 is 0 Å². The third-order valence-corrected chi connectivity index (χ3v) is 2.80. The van der Waals surface area contributed by atoms with E-state index in [4.69, 9.17) is 0 Å². The van der Waals surface area contributed by atoms with Crippen molar-refractivity contribution in [3.05, 3.63) is 42.1 Å². The Bertz CT molecular complexity index is 485. The van der Waals surface area contributed by atoms with Gasteiger partial charge >= 0.3 is 0 Å². The van der Waals surface area contributed by atoms with Gasteiger partial charge in [0.2, 0.25) is 0 Å². The van der Waals surface area contributed by atoms with Gasteiger partial charge in [0.05, 0.1) is 0 Å². The van der Waals surface area contributed by atoms with E-state index in [-0.39, 0.29) is 0 Å². The topological polar surface area (TPSA) is 42.7 Å². The van der Waals surface area contributed by atoms with Crippen molar-refractivity contribution in [3.8, 4) is 5.82 Å². The summed E-state index contributed by atoms with van der Waals surface area (Å²) < 4.78 is 2.03. The molecule has 18 heavy (non-hydrogen) atoms. The first-order valence-electron chi connectivity index (χ1n) is 6.41. The number of nitrogens with one attached hydrogen (secondary N) is 1. The number of nitrogens with zero attached hydrogens (tertiary/aromatic N) is 3. The standard InChI is InChI=1S/C14H20N4/c1-4-13-15-7-8-18(13)14-6-5-12(10-17-14)9-16-11(2)3/h5-8,10-11,16H,4,9H2,1-3H3. The molecular weight excluding hydrogens is 224 g/mol. The van der Waals surface area contributed by atoms with Gasteiger partial charge in [0.25, 0.3) is 0 Å². The highest BCUT2D eigenvalue weighted by Crippen LogP contribution is 2.09. The highest BCUT2D eigenvalue weighted by atomic mass is 15.1. The molecule has 4 heteroatoms. The average molecular weight is 244 g/mol. The fraction of sp³-hybridized carbons (Fsp3) is 0.429. The minimum Gasteiger partial charge on any atom is -0.310 e. The molecule has 0 saturated carbocycles. The highest BCUT2D eigenvalue weighted by molar-refractivity contribution is 5.27. The van der Waals surface area contributed by atoms with Crippen LogP contribution in [0.25, 0.3) is 5.82 Å². The molecule has 0 aliphatic heterocycles. The molecule has 0 aliphatic carbocycles. The highest BCUT2D eigenvalue weighted by Gasteiger charge is 2.04. The second kappa shape index (κ2) is 5.78. The molecule has 2 rings (SSSR count). The molecule has 96 valence electrons. The molecule has 0 radical (unpaired) electrons. The lowest BCUT2D eigenvalue weighted by Gasteiger charge is -2.09. The van der Waals surface area contributed by atoms with E-state index in [9.17, 15) is 0 Å². The van der Waals surface area contributed by atoms with Gasteiger partial charge in [0, 0.05) is 37.6 Å². The van der Waals surface area contributed by atoms with Crippen molar-refractivity contribution in [2.45, 2.75) is 39.8 Å². The summed E-state index contributed by atoms with van der Waals surface area (Å²) in [7, 11) is 0. The van der Waals surface area contributed by atoms with Crippen LogP contribution in [0.5, 0.6) is 0 Å². The van der Waals surface area contributed by atoms with Crippen LogP contribution < -0.4 is 5.32 Å². The summed E-state index contributed by atoms with van der Waals surface area (Å²) in [6.45, 7) is 7.23. The number of aromatic nitrogens is 3. The lowest BCUT2D eigenvalue weighted by molar-refractivity contribution is 0.588. The molecule has 0 aromatic carbocycles. The number of hydrogen-bond donors (Lipinski definition) is 1. The van der Waals surface area contributed by atoms with Crippen LogP contribution in [-0.2, 0) is 13.0 Å². The van der Waals surface area contributed by atoms with Gasteiger partial charge in [0.15, 0.2) is 0 Å². The van der Waals surface area contributed by atoms with Gasteiger partial charge in [-0.3, -0.25) is 4.57 Å². The van der Waals surface area contributed by atoms with Crippen LogP contribution in [0.3, 0.4) is 0 Å². The Labute approximate surface area is 108 Å². The molecule has 0 aliphatic rings. The van der Waals surface area contributed by atoms with Gasteiger partial charge < -0.3 is 5.32 Å². The van der Waals surface area contributed by atoms with E-state index < -0.39 is 0 Å². The molecule has 0 saturated heterocycles. The molecule has 0 atom stereocenters. The SMILES string of the molecule is CCc1nccn1-c1ccc(CNC(C)C)cn1. The van der Waals surface area contributed by atoms with Gasteiger partial charge in [0.1, 0.15) is 11.6 Å². The lowest BCUT2D eigenvalue weighted by atomic mass is 10.2. The smallest absolute Gasteiger partial charge is 0.137 e. The van der Waals surface area contributed by atoms with E-state index in [1.54, 1.807) is 0 Å². The van der Waals surface area contributed by atoms with Gasteiger partial charge in [-0.05, 0) is 11.6 Å². The largest absolute Gasteiger partial charge is 0.310 e. The Morgan fingerprint density at radius 1 is 1.28 bits per heavy atom. The molecule has 0 amide bonds. The average Bonchev–Trinajstić information content (AvgIpc) is 2.85. The molecule has 2 aromatic heterocycles. The van der Waals surface area contributed by atoms with Crippen LogP contribution in [0.1, 0.15) is 32.2 Å². The van der Waals surface area contributed by atoms with Crippen molar-refractivity contribution < 1.29 is 0 Å². The molecular formula is C14H20N4. The first-order chi connectivity index (χ1) is 8.70. The normalized spacial score (nSPS) is 11.1. The molecule has 0 spiro atoms. The molecule has 4 nitrogen and oxygen atoms in total. The number of imidazole rings is 1. The van der Waals surface area contributed by atoms with Crippen LogP contribution in [0.15, 0.2) is 30.7 Å². The van der Waals surface area contributed by atoms with E-state index >= 15 is 0 Å². The van der Waals surface area contributed by atoms with Gasteiger partial charge in [-0.25, -0.2) is 9.97 Å². The Morgan fingerprint density at radius 3 is 2.72 bits per heavy atom. The molecule has 0 fully saturated rings. The molecule has 2 aromatic rings. The van der Waals surface area contributed by atoms with Crippen LogP contribution in [0, 0.1) is 0 Å². The first kappa shape index (κ1) is 12.8.